The molecule has 1 N–H and O–H groups in total. The van der Waals surface area contributed by atoms with Gasteiger partial charge in [0.2, 0.25) is 11.7 Å². The van der Waals surface area contributed by atoms with Gasteiger partial charge in [0.25, 0.3) is 0 Å². The van der Waals surface area contributed by atoms with Crippen LogP contribution >= 0.6 is 0 Å². The predicted molar refractivity (Wildman–Crippen MR) is 207 cm³/mol. The number of nitrogens with zero attached hydrogens (tertiary/aromatic N) is 2. The van der Waals surface area contributed by atoms with E-state index in [9.17, 15) is 23.1 Å². The Bertz CT molecular complexity index is 1250. The maximum absolute atomic E-state index is 14.2. The van der Waals surface area contributed by atoms with Gasteiger partial charge in [-0.15, -0.1) is 0 Å². The highest BCUT2D eigenvalue weighted by molar-refractivity contribution is 5.76. The van der Waals surface area contributed by atoms with E-state index in [0.29, 0.717) is 29.1 Å². The van der Waals surface area contributed by atoms with E-state index >= 15 is 0 Å². The highest BCUT2D eigenvalue weighted by Gasteiger charge is 2.41. The quantitative estimate of drug-likeness (QED) is 0.0638. The fraction of sp³-hybridized carbons (Fsp3) is 0.767. The van der Waals surface area contributed by atoms with Gasteiger partial charge in [-0.25, -0.2) is 4.98 Å². The number of halogens is 3. The van der Waals surface area contributed by atoms with Crippen molar-refractivity contribution < 1.29 is 32.5 Å². The summed E-state index contributed by atoms with van der Waals surface area (Å²) in [5, 5.41) is 10.8. The van der Waals surface area contributed by atoms with Gasteiger partial charge in [-0.2, -0.15) is 13.2 Å². The number of imidazole rings is 1. The standard InChI is InChI=1S/C43H71F3N2O4/c1-6-8-10-12-14-16-18-19-20-21-23-24-26-28-30-51-38-33-39(52-31-29-27-25-22-17-15-13-11-9-7-2)37(32-35(38)42(3,4)5)48-40(50)36(34-49)47-41(48)43(44,45)46/h32-34,50H,6-31H2,1-5H3. The molecule has 0 atom stereocenters. The summed E-state index contributed by atoms with van der Waals surface area (Å²) < 4.78 is 55.7. The van der Waals surface area contributed by atoms with Crippen LogP contribution in [0.3, 0.4) is 0 Å². The lowest BCUT2D eigenvalue weighted by Crippen LogP contribution is -2.18. The zero-order valence-electron chi connectivity index (χ0n) is 33.3. The number of carbonyl (C=O) groups is 1. The molecule has 0 aliphatic carbocycles. The number of unbranched alkanes of at least 4 members (excludes halogenated alkanes) is 22. The summed E-state index contributed by atoms with van der Waals surface area (Å²) in [5.74, 6) is -1.56. The third-order valence-electron chi connectivity index (χ3n) is 9.87. The van der Waals surface area contributed by atoms with Crippen molar-refractivity contribution in [3.05, 3.63) is 29.2 Å². The lowest BCUT2D eigenvalue weighted by molar-refractivity contribution is -0.146. The fourth-order valence-corrected chi connectivity index (χ4v) is 6.72. The summed E-state index contributed by atoms with van der Waals surface area (Å²) >= 11 is 0. The molecule has 52 heavy (non-hydrogen) atoms. The second kappa shape index (κ2) is 25.3. The van der Waals surface area contributed by atoms with Gasteiger partial charge in [0, 0.05) is 11.6 Å². The Hall–Kier alpha value is -2.71. The first-order valence-electron chi connectivity index (χ1n) is 20.7. The fourth-order valence-electron chi connectivity index (χ4n) is 6.72. The highest BCUT2D eigenvalue weighted by Crippen LogP contribution is 2.43. The molecule has 0 radical (unpaired) electrons. The van der Waals surface area contributed by atoms with Crippen LogP contribution in [0.4, 0.5) is 13.2 Å². The Labute approximate surface area is 313 Å². The third kappa shape index (κ3) is 17.0. The number of carbonyl (C=O) groups excluding carboxylic acids is 1. The molecule has 1 heterocycles. The van der Waals surface area contributed by atoms with Gasteiger partial charge in [-0.05, 0) is 24.3 Å². The van der Waals surface area contributed by atoms with Gasteiger partial charge in [-0.1, -0.05) is 176 Å². The summed E-state index contributed by atoms with van der Waals surface area (Å²) in [4.78, 5) is 15.0. The summed E-state index contributed by atoms with van der Waals surface area (Å²) in [6, 6.07) is 3.23. The largest absolute Gasteiger partial charge is 0.493 e. The smallest absolute Gasteiger partial charge is 0.450 e. The molecule has 0 unspecified atom stereocenters. The van der Waals surface area contributed by atoms with Crippen LogP contribution in [0.15, 0.2) is 12.1 Å². The van der Waals surface area contributed by atoms with E-state index in [1.165, 1.54) is 109 Å². The minimum atomic E-state index is -4.92. The zero-order valence-corrected chi connectivity index (χ0v) is 33.3. The van der Waals surface area contributed by atoms with Crippen LogP contribution in [-0.2, 0) is 11.6 Å². The van der Waals surface area contributed by atoms with Crippen molar-refractivity contribution >= 4 is 6.29 Å². The van der Waals surface area contributed by atoms with E-state index in [1.807, 2.05) is 20.8 Å². The van der Waals surface area contributed by atoms with E-state index in [-0.39, 0.29) is 17.7 Å². The first-order chi connectivity index (χ1) is 25.0. The van der Waals surface area contributed by atoms with Crippen molar-refractivity contribution in [2.45, 2.75) is 200 Å². The molecule has 0 saturated carbocycles. The predicted octanol–water partition coefficient (Wildman–Crippen LogP) is 13.9. The van der Waals surface area contributed by atoms with Crippen molar-refractivity contribution in [2.75, 3.05) is 13.2 Å². The summed E-state index contributed by atoms with van der Waals surface area (Å²) in [5.41, 5.74) is -0.528. The number of aromatic hydroxyl groups is 1. The van der Waals surface area contributed by atoms with Crippen molar-refractivity contribution in [2.24, 2.45) is 0 Å². The van der Waals surface area contributed by atoms with Crippen LogP contribution in [0.1, 0.15) is 211 Å². The van der Waals surface area contributed by atoms with Crippen LogP contribution in [0, 0.1) is 0 Å². The Balaban J connectivity index is 2.06. The summed E-state index contributed by atoms with van der Waals surface area (Å²) in [6.07, 6.45) is 24.4. The van der Waals surface area contributed by atoms with Crippen LogP contribution in [0.2, 0.25) is 0 Å². The number of aromatic nitrogens is 2. The Morgan fingerprint density at radius 3 is 1.38 bits per heavy atom. The van der Waals surface area contributed by atoms with E-state index in [1.54, 1.807) is 12.1 Å². The second-order valence-electron chi connectivity index (χ2n) is 15.6. The monoisotopic (exact) mass is 737 g/mol. The molecule has 0 saturated heterocycles. The second-order valence-corrected chi connectivity index (χ2v) is 15.6. The SMILES string of the molecule is CCCCCCCCCCCCCCCCOc1cc(OCCCCCCCCCCCC)c(-n2c(C(F)(F)F)nc(C=O)c2O)cc1C(C)(C)C. The summed E-state index contributed by atoms with van der Waals surface area (Å²) in [7, 11) is 0. The average Bonchev–Trinajstić information content (AvgIpc) is 3.44. The molecule has 1 aromatic heterocycles. The van der Waals surface area contributed by atoms with Crippen molar-refractivity contribution in [1.82, 2.24) is 9.55 Å². The highest BCUT2D eigenvalue weighted by atomic mass is 19.4. The minimum Gasteiger partial charge on any atom is -0.493 e. The maximum atomic E-state index is 14.2. The van der Waals surface area contributed by atoms with Crippen LogP contribution in [-0.4, -0.2) is 34.2 Å². The van der Waals surface area contributed by atoms with Gasteiger partial charge in [-0.3, -0.25) is 9.36 Å². The van der Waals surface area contributed by atoms with E-state index < -0.39 is 29.0 Å². The number of alkyl halides is 3. The van der Waals surface area contributed by atoms with E-state index in [0.717, 1.165) is 44.9 Å². The molecular formula is C43H71F3N2O4. The summed E-state index contributed by atoms with van der Waals surface area (Å²) in [6.45, 7) is 11.1. The molecule has 1 aromatic carbocycles. The Kier molecular flexibility index (Phi) is 22.1. The minimum absolute atomic E-state index is 0.0220. The van der Waals surface area contributed by atoms with Gasteiger partial charge in [0.15, 0.2) is 12.0 Å². The first-order valence-corrected chi connectivity index (χ1v) is 20.7. The molecule has 2 rings (SSSR count). The number of ether oxygens (including phenoxy) is 2. The Morgan fingerprint density at radius 1 is 0.635 bits per heavy atom. The lowest BCUT2D eigenvalue weighted by Gasteiger charge is -2.26. The van der Waals surface area contributed by atoms with Crippen LogP contribution in [0.25, 0.3) is 5.69 Å². The van der Waals surface area contributed by atoms with Crippen molar-refractivity contribution in [3.63, 3.8) is 0 Å². The van der Waals surface area contributed by atoms with Crippen molar-refractivity contribution in [1.29, 1.82) is 0 Å². The lowest BCUT2D eigenvalue weighted by atomic mass is 9.85. The maximum Gasteiger partial charge on any atom is 0.450 e. The molecule has 0 aliphatic rings. The Morgan fingerprint density at radius 2 is 1.02 bits per heavy atom. The molecule has 0 aliphatic heterocycles. The van der Waals surface area contributed by atoms with Gasteiger partial charge in [0.1, 0.15) is 11.5 Å². The zero-order chi connectivity index (χ0) is 38.2. The van der Waals surface area contributed by atoms with Crippen molar-refractivity contribution in [3.8, 4) is 23.1 Å². The van der Waals surface area contributed by atoms with Crippen LogP contribution in [0.5, 0.6) is 17.4 Å². The molecule has 0 spiro atoms. The molecule has 298 valence electrons. The molecule has 9 heteroatoms. The van der Waals surface area contributed by atoms with E-state index in [2.05, 4.69) is 18.8 Å². The van der Waals surface area contributed by atoms with Gasteiger partial charge >= 0.3 is 6.18 Å². The molecule has 0 amide bonds. The first kappa shape index (κ1) is 45.4. The molecule has 6 nitrogen and oxygen atoms in total. The number of rotatable bonds is 30. The average molecular weight is 737 g/mol. The third-order valence-corrected chi connectivity index (χ3v) is 9.87. The topological polar surface area (TPSA) is 73.6 Å². The normalized spacial score (nSPS) is 12.1. The number of benzene rings is 1. The molecule has 0 fully saturated rings. The van der Waals surface area contributed by atoms with E-state index in [4.69, 9.17) is 9.47 Å². The number of hydrogen-bond acceptors (Lipinski definition) is 5. The number of aldehydes is 1. The van der Waals surface area contributed by atoms with Crippen LogP contribution < -0.4 is 9.47 Å². The van der Waals surface area contributed by atoms with Gasteiger partial charge in [0.05, 0.1) is 18.9 Å². The molecule has 0 bridgehead atoms. The molecular weight excluding hydrogens is 665 g/mol. The molecule has 2 aromatic rings. The van der Waals surface area contributed by atoms with Gasteiger partial charge < -0.3 is 14.6 Å². The number of hydrogen-bond donors (Lipinski definition) is 1.